The molecule has 0 radical (unpaired) electrons. The molecule has 3 rings (SSSR count). The smallest absolute Gasteiger partial charge is 0.432 e. The van der Waals surface area contributed by atoms with Crippen molar-refractivity contribution in [2.24, 2.45) is 5.41 Å². The topological polar surface area (TPSA) is 101 Å². The molecular formula is C22H23F3N4O3. The predicted molar refractivity (Wildman–Crippen MR) is 111 cm³/mol. The first-order chi connectivity index (χ1) is 15.1. The highest BCUT2D eigenvalue weighted by atomic mass is 19.4. The minimum Gasteiger partial charge on any atom is -0.481 e. The lowest BCUT2D eigenvalue weighted by Crippen LogP contribution is -2.36. The van der Waals surface area contributed by atoms with Crippen molar-refractivity contribution >= 4 is 5.97 Å². The number of hydrogen-bond acceptors (Lipinski definition) is 5. The number of carboxylic acid groups (broad SMARTS) is 1. The third-order valence-electron chi connectivity index (χ3n) is 5.59. The Bertz CT molecular complexity index is 1090. The predicted octanol–water partition coefficient (Wildman–Crippen LogP) is 5.13. The fraction of sp³-hybridized carbons (Fsp3) is 0.364. The van der Waals surface area contributed by atoms with Crippen LogP contribution in [0, 0.1) is 12.3 Å². The normalized spacial score (nSPS) is 12.1. The van der Waals surface area contributed by atoms with Gasteiger partial charge in [-0.1, -0.05) is 19.9 Å². The lowest BCUT2D eigenvalue weighted by molar-refractivity contribution is -0.151. The summed E-state index contributed by atoms with van der Waals surface area (Å²) in [5.41, 5.74) is 0.685. The molecule has 0 amide bonds. The highest BCUT2D eigenvalue weighted by molar-refractivity contribution is 5.74. The summed E-state index contributed by atoms with van der Waals surface area (Å²) in [6.07, 6.45) is 0.224. The lowest BCUT2D eigenvalue weighted by atomic mass is 9.83. The molecule has 3 aromatic heterocycles. The number of pyridine rings is 2. The number of halogens is 3. The van der Waals surface area contributed by atoms with Gasteiger partial charge in [0.15, 0.2) is 5.82 Å². The molecule has 0 saturated heterocycles. The van der Waals surface area contributed by atoms with Crippen LogP contribution < -0.4 is 4.74 Å². The van der Waals surface area contributed by atoms with Crippen molar-refractivity contribution < 1.29 is 27.8 Å². The summed E-state index contributed by atoms with van der Waals surface area (Å²) in [6.45, 7) is 5.49. The summed E-state index contributed by atoms with van der Waals surface area (Å²) in [5, 5.41) is 9.53. The number of aromatic amines is 1. The summed E-state index contributed by atoms with van der Waals surface area (Å²) in [7, 11) is 0. The van der Waals surface area contributed by atoms with E-state index in [1.165, 1.54) is 6.20 Å². The SMILES string of the molecule is CCC(CC)(COc1cc(C)c(-c2ccc(-c3ncc(C(F)(F)F)[nH]3)nc2)cn1)C(=O)O. The summed E-state index contributed by atoms with van der Waals surface area (Å²) in [5.74, 6) is -0.559. The molecule has 10 heteroatoms. The van der Waals surface area contributed by atoms with Gasteiger partial charge in [-0.3, -0.25) is 9.78 Å². The maximum atomic E-state index is 12.7. The second kappa shape index (κ2) is 8.97. The highest BCUT2D eigenvalue weighted by Gasteiger charge is 2.36. The fourth-order valence-electron chi connectivity index (χ4n) is 3.23. The largest absolute Gasteiger partial charge is 0.481 e. The summed E-state index contributed by atoms with van der Waals surface area (Å²) >= 11 is 0. The Kier molecular flexibility index (Phi) is 6.52. The standard InChI is InChI=1S/C22H23F3N4O3/c1-4-21(5-2,20(30)31)12-32-18-8-13(3)15(10-27-18)14-6-7-16(26-9-14)19-28-11-17(29-19)22(23,24)25/h6-11H,4-5,12H2,1-3H3,(H,28,29)(H,30,31). The minimum absolute atomic E-state index is 0.0143. The van der Waals surface area contributed by atoms with Crippen LogP contribution in [0.4, 0.5) is 13.2 Å². The molecule has 2 N–H and O–H groups in total. The van der Waals surface area contributed by atoms with Gasteiger partial charge in [-0.15, -0.1) is 0 Å². The quantitative estimate of drug-likeness (QED) is 0.495. The van der Waals surface area contributed by atoms with Crippen molar-refractivity contribution in [1.82, 2.24) is 19.9 Å². The molecule has 0 aliphatic heterocycles. The maximum Gasteiger partial charge on any atom is 0.432 e. The summed E-state index contributed by atoms with van der Waals surface area (Å²) < 4.78 is 43.9. The van der Waals surface area contributed by atoms with Gasteiger partial charge >= 0.3 is 12.1 Å². The number of imidazole rings is 1. The molecule has 170 valence electrons. The van der Waals surface area contributed by atoms with Gasteiger partial charge in [0.25, 0.3) is 0 Å². The number of aliphatic carboxylic acids is 1. The van der Waals surface area contributed by atoms with E-state index in [1.54, 1.807) is 24.4 Å². The van der Waals surface area contributed by atoms with Crippen molar-refractivity contribution in [3.63, 3.8) is 0 Å². The maximum absolute atomic E-state index is 12.7. The number of H-pyrrole nitrogens is 1. The van der Waals surface area contributed by atoms with Gasteiger partial charge in [0.05, 0.1) is 6.20 Å². The summed E-state index contributed by atoms with van der Waals surface area (Å²) in [6, 6.07) is 5.00. The van der Waals surface area contributed by atoms with Crippen LogP contribution in [0.15, 0.2) is 36.8 Å². The number of aromatic nitrogens is 4. The van der Waals surface area contributed by atoms with Crippen molar-refractivity contribution in [2.75, 3.05) is 6.61 Å². The number of alkyl halides is 3. The third kappa shape index (κ3) is 4.74. The molecule has 3 aromatic rings. The fourth-order valence-corrected chi connectivity index (χ4v) is 3.23. The van der Waals surface area contributed by atoms with E-state index in [-0.39, 0.29) is 18.1 Å². The Balaban J connectivity index is 1.76. The highest BCUT2D eigenvalue weighted by Crippen LogP contribution is 2.31. The lowest BCUT2D eigenvalue weighted by Gasteiger charge is -2.26. The minimum atomic E-state index is -4.50. The number of carbonyl (C=O) groups is 1. The number of carboxylic acids is 1. The van der Waals surface area contributed by atoms with Crippen molar-refractivity contribution in [2.45, 2.75) is 39.8 Å². The molecule has 0 spiro atoms. The Morgan fingerprint density at radius 2 is 1.81 bits per heavy atom. The molecule has 0 aliphatic carbocycles. The van der Waals surface area contributed by atoms with Gasteiger partial charge in [-0.25, -0.2) is 9.97 Å². The van der Waals surface area contributed by atoms with Gasteiger partial charge in [-0.05, 0) is 31.4 Å². The Labute approximate surface area is 182 Å². The van der Waals surface area contributed by atoms with E-state index in [0.717, 1.165) is 22.9 Å². The van der Waals surface area contributed by atoms with Gasteiger partial charge in [0.1, 0.15) is 23.4 Å². The van der Waals surface area contributed by atoms with Crippen molar-refractivity contribution in [1.29, 1.82) is 0 Å². The van der Waals surface area contributed by atoms with E-state index in [9.17, 15) is 23.1 Å². The van der Waals surface area contributed by atoms with Gasteiger partial charge in [0.2, 0.25) is 5.88 Å². The third-order valence-corrected chi connectivity index (χ3v) is 5.59. The Hall–Kier alpha value is -3.43. The van der Waals surface area contributed by atoms with Crippen LogP contribution in [0.25, 0.3) is 22.6 Å². The number of nitrogens with one attached hydrogen (secondary N) is 1. The molecule has 3 heterocycles. The molecule has 0 saturated carbocycles. The molecule has 0 atom stereocenters. The Morgan fingerprint density at radius 3 is 2.31 bits per heavy atom. The molecular weight excluding hydrogens is 425 g/mol. The van der Waals surface area contributed by atoms with Crippen LogP contribution in [0.1, 0.15) is 37.9 Å². The molecule has 0 aromatic carbocycles. The van der Waals surface area contributed by atoms with Gasteiger partial charge < -0.3 is 14.8 Å². The van der Waals surface area contributed by atoms with Crippen LogP contribution in [-0.4, -0.2) is 37.6 Å². The number of nitrogens with zero attached hydrogens (tertiary/aromatic N) is 3. The average molecular weight is 448 g/mol. The number of aryl methyl sites for hydroxylation is 1. The second-order valence-corrected chi connectivity index (χ2v) is 7.49. The van der Waals surface area contributed by atoms with E-state index in [2.05, 4.69) is 19.9 Å². The van der Waals surface area contributed by atoms with Crippen LogP contribution in [0.2, 0.25) is 0 Å². The summed E-state index contributed by atoms with van der Waals surface area (Å²) in [4.78, 5) is 26.1. The monoisotopic (exact) mass is 448 g/mol. The number of hydrogen-bond donors (Lipinski definition) is 2. The van der Waals surface area contributed by atoms with Crippen LogP contribution in [0.5, 0.6) is 5.88 Å². The first-order valence-electron chi connectivity index (χ1n) is 10.0. The zero-order chi connectivity index (χ0) is 23.5. The van der Waals surface area contributed by atoms with E-state index >= 15 is 0 Å². The van der Waals surface area contributed by atoms with Crippen LogP contribution in [0.3, 0.4) is 0 Å². The van der Waals surface area contributed by atoms with Gasteiger partial charge in [0, 0.05) is 29.6 Å². The molecule has 0 aliphatic rings. The van der Waals surface area contributed by atoms with Crippen LogP contribution in [-0.2, 0) is 11.0 Å². The van der Waals surface area contributed by atoms with Crippen LogP contribution >= 0.6 is 0 Å². The van der Waals surface area contributed by atoms with Crippen molar-refractivity contribution in [3.8, 4) is 28.5 Å². The second-order valence-electron chi connectivity index (χ2n) is 7.49. The first-order valence-corrected chi connectivity index (χ1v) is 10.0. The molecule has 0 unspecified atom stereocenters. The zero-order valence-electron chi connectivity index (χ0n) is 17.8. The van der Waals surface area contributed by atoms with E-state index in [4.69, 9.17) is 4.74 Å². The van der Waals surface area contributed by atoms with E-state index in [0.29, 0.717) is 18.7 Å². The molecule has 0 fully saturated rings. The zero-order valence-corrected chi connectivity index (χ0v) is 17.8. The first kappa shape index (κ1) is 23.2. The molecule has 32 heavy (non-hydrogen) atoms. The van der Waals surface area contributed by atoms with Crippen molar-refractivity contribution in [3.05, 3.63) is 48.0 Å². The number of ether oxygens (including phenoxy) is 1. The van der Waals surface area contributed by atoms with E-state index < -0.39 is 23.3 Å². The molecule has 7 nitrogen and oxygen atoms in total. The number of rotatable bonds is 8. The van der Waals surface area contributed by atoms with Gasteiger partial charge in [-0.2, -0.15) is 13.2 Å². The Morgan fingerprint density at radius 1 is 1.09 bits per heavy atom. The molecule has 0 bridgehead atoms. The van der Waals surface area contributed by atoms with E-state index in [1.807, 2.05) is 20.8 Å². The average Bonchev–Trinajstić information content (AvgIpc) is 3.26.